The van der Waals surface area contributed by atoms with Gasteiger partial charge in [-0.2, -0.15) is 0 Å². The van der Waals surface area contributed by atoms with Crippen molar-refractivity contribution in [3.05, 3.63) is 42.5 Å². The van der Waals surface area contributed by atoms with Crippen molar-refractivity contribution in [3.63, 3.8) is 0 Å². The molecule has 0 amide bonds. The number of rotatable bonds is 6. The average Bonchev–Trinajstić information content (AvgIpc) is 2.27. The fraction of sp³-hybridized carbons (Fsp3) is 0.250. The molecule has 17 heavy (non-hydrogen) atoms. The SMILES string of the molecule is C=CCS(=O)(=O)c1ccc(CCC(=O)O)cc1. The number of aliphatic carboxylic acids is 1. The van der Waals surface area contributed by atoms with E-state index in [0.717, 1.165) is 5.56 Å². The van der Waals surface area contributed by atoms with Gasteiger partial charge in [0.05, 0.1) is 10.6 Å². The van der Waals surface area contributed by atoms with E-state index in [0.29, 0.717) is 6.42 Å². The summed E-state index contributed by atoms with van der Waals surface area (Å²) in [5, 5.41) is 8.52. The first kappa shape index (κ1) is 13.4. The van der Waals surface area contributed by atoms with Gasteiger partial charge < -0.3 is 5.11 Å². The minimum atomic E-state index is -3.29. The number of carbonyl (C=O) groups is 1. The van der Waals surface area contributed by atoms with Gasteiger partial charge in [-0.25, -0.2) is 8.42 Å². The van der Waals surface area contributed by atoms with Gasteiger partial charge in [-0.3, -0.25) is 4.79 Å². The first-order valence-corrected chi connectivity index (χ1v) is 6.75. The van der Waals surface area contributed by atoms with Crippen molar-refractivity contribution in [2.24, 2.45) is 0 Å². The van der Waals surface area contributed by atoms with Crippen LogP contribution in [0.25, 0.3) is 0 Å². The van der Waals surface area contributed by atoms with Crippen molar-refractivity contribution in [2.75, 3.05) is 5.75 Å². The Morgan fingerprint density at radius 2 is 1.88 bits per heavy atom. The predicted molar refractivity (Wildman–Crippen MR) is 64.6 cm³/mol. The molecule has 0 aliphatic carbocycles. The van der Waals surface area contributed by atoms with E-state index in [-0.39, 0.29) is 17.1 Å². The average molecular weight is 254 g/mol. The van der Waals surface area contributed by atoms with E-state index >= 15 is 0 Å². The Morgan fingerprint density at radius 1 is 1.29 bits per heavy atom. The Kier molecular flexibility index (Phi) is 4.45. The van der Waals surface area contributed by atoms with E-state index in [1.54, 1.807) is 12.1 Å². The molecular weight excluding hydrogens is 240 g/mol. The Hall–Kier alpha value is -1.62. The van der Waals surface area contributed by atoms with E-state index in [1.807, 2.05) is 0 Å². The van der Waals surface area contributed by atoms with Gasteiger partial charge >= 0.3 is 5.97 Å². The predicted octanol–water partition coefficient (Wildman–Crippen LogP) is 1.66. The van der Waals surface area contributed by atoms with Crippen LogP contribution in [0, 0.1) is 0 Å². The first-order valence-electron chi connectivity index (χ1n) is 5.10. The molecule has 0 fully saturated rings. The lowest BCUT2D eigenvalue weighted by Crippen LogP contribution is -2.04. The van der Waals surface area contributed by atoms with Crippen LogP contribution >= 0.6 is 0 Å². The second kappa shape index (κ2) is 5.63. The van der Waals surface area contributed by atoms with Gasteiger partial charge in [0.15, 0.2) is 9.84 Å². The number of aryl methyl sites for hydroxylation is 1. The van der Waals surface area contributed by atoms with Crippen LogP contribution in [0.1, 0.15) is 12.0 Å². The highest BCUT2D eigenvalue weighted by Gasteiger charge is 2.11. The lowest BCUT2D eigenvalue weighted by atomic mass is 10.1. The molecule has 0 aromatic heterocycles. The molecule has 1 N–H and O–H groups in total. The summed E-state index contributed by atoms with van der Waals surface area (Å²) >= 11 is 0. The van der Waals surface area contributed by atoms with Gasteiger partial charge in [0.2, 0.25) is 0 Å². The minimum absolute atomic E-state index is 0.0404. The van der Waals surface area contributed by atoms with Crippen LogP contribution < -0.4 is 0 Å². The number of benzene rings is 1. The van der Waals surface area contributed by atoms with Crippen molar-refractivity contribution in [1.29, 1.82) is 0 Å². The van der Waals surface area contributed by atoms with Crippen molar-refractivity contribution in [1.82, 2.24) is 0 Å². The lowest BCUT2D eigenvalue weighted by molar-refractivity contribution is -0.136. The molecular formula is C12H14O4S. The van der Waals surface area contributed by atoms with Gasteiger partial charge in [0.1, 0.15) is 0 Å². The zero-order valence-corrected chi connectivity index (χ0v) is 10.1. The zero-order valence-electron chi connectivity index (χ0n) is 9.30. The van der Waals surface area contributed by atoms with Gasteiger partial charge in [0, 0.05) is 6.42 Å². The second-order valence-electron chi connectivity index (χ2n) is 3.61. The molecule has 0 radical (unpaired) electrons. The molecule has 0 bridgehead atoms. The van der Waals surface area contributed by atoms with Crippen LogP contribution in [0.4, 0.5) is 0 Å². The summed E-state index contributed by atoms with van der Waals surface area (Å²) in [6.45, 7) is 3.39. The maximum Gasteiger partial charge on any atom is 0.303 e. The maximum atomic E-state index is 11.6. The monoisotopic (exact) mass is 254 g/mol. The highest BCUT2D eigenvalue weighted by molar-refractivity contribution is 7.91. The highest BCUT2D eigenvalue weighted by Crippen LogP contribution is 2.13. The molecule has 1 aromatic carbocycles. The van der Waals surface area contributed by atoms with E-state index in [2.05, 4.69) is 6.58 Å². The summed E-state index contributed by atoms with van der Waals surface area (Å²) in [5.74, 6) is -0.963. The van der Waals surface area contributed by atoms with E-state index in [1.165, 1.54) is 18.2 Å². The second-order valence-corrected chi connectivity index (χ2v) is 5.64. The molecule has 0 aliphatic rings. The smallest absolute Gasteiger partial charge is 0.303 e. The first-order chi connectivity index (χ1) is 7.95. The van der Waals surface area contributed by atoms with Gasteiger partial charge in [-0.15, -0.1) is 6.58 Å². The quantitative estimate of drug-likeness (QED) is 0.784. The third-order valence-corrected chi connectivity index (χ3v) is 3.91. The summed E-state index contributed by atoms with van der Waals surface area (Å²) < 4.78 is 23.3. The van der Waals surface area contributed by atoms with Crippen LogP contribution in [-0.4, -0.2) is 25.2 Å². The summed E-state index contributed by atoms with van der Waals surface area (Å²) in [6.07, 6.45) is 1.78. The summed E-state index contributed by atoms with van der Waals surface area (Å²) in [5.41, 5.74) is 0.810. The Balaban J connectivity index is 2.81. The summed E-state index contributed by atoms with van der Waals surface area (Å²) in [7, 11) is -3.29. The van der Waals surface area contributed by atoms with Crippen molar-refractivity contribution < 1.29 is 18.3 Å². The van der Waals surface area contributed by atoms with Crippen molar-refractivity contribution in [3.8, 4) is 0 Å². The van der Waals surface area contributed by atoms with Crippen LogP contribution in [0.2, 0.25) is 0 Å². The highest BCUT2D eigenvalue weighted by atomic mass is 32.2. The van der Waals surface area contributed by atoms with Gasteiger partial charge in [0.25, 0.3) is 0 Å². The van der Waals surface area contributed by atoms with E-state index in [9.17, 15) is 13.2 Å². The van der Waals surface area contributed by atoms with Crippen LogP contribution in [-0.2, 0) is 21.1 Å². The van der Waals surface area contributed by atoms with Crippen LogP contribution in [0.5, 0.6) is 0 Å². The molecule has 92 valence electrons. The number of sulfone groups is 1. The van der Waals surface area contributed by atoms with Gasteiger partial charge in [-0.05, 0) is 24.1 Å². The number of hydrogen-bond acceptors (Lipinski definition) is 3. The minimum Gasteiger partial charge on any atom is -0.481 e. The van der Waals surface area contributed by atoms with Crippen LogP contribution in [0.3, 0.4) is 0 Å². The number of carboxylic acid groups (broad SMARTS) is 1. The van der Waals surface area contributed by atoms with Gasteiger partial charge in [-0.1, -0.05) is 18.2 Å². The maximum absolute atomic E-state index is 11.6. The molecule has 4 nitrogen and oxygen atoms in total. The Bertz CT molecular complexity index is 500. The fourth-order valence-electron chi connectivity index (χ4n) is 1.37. The third-order valence-electron chi connectivity index (χ3n) is 2.25. The van der Waals surface area contributed by atoms with Crippen molar-refractivity contribution >= 4 is 15.8 Å². The fourth-order valence-corrected chi connectivity index (χ4v) is 2.42. The lowest BCUT2D eigenvalue weighted by Gasteiger charge is -2.03. The molecule has 0 atom stereocenters. The topological polar surface area (TPSA) is 71.4 Å². The molecule has 1 aromatic rings. The Morgan fingerprint density at radius 3 is 2.35 bits per heavy atom. The summed E-state index contributed by atoms with van der Waals surface area (Å²) in [4.78, 5) is 10.6. The van der Waals surface area contributed by atoms with E-state index in [4.69, 9.17) is 5.11 Å². The van der Waals surface area contributed by atoms with Crippen molar-refractivity contribution in [2.45, 2.75) is 17.7 Å². The molecule has 1 rings (SSSR count). The van der Waals surface area contributed by atoms with E-state index < -0.39 is 15.8 Å². The molecule has 0 saturated heterocycles. The zero-order chi connectivity index (χ0) is 12.9. The third kappa shape index (κ3) is 4.03. The Labute approximate surface area is 101 Å². The molecule has 0 heterocycles. The number of hydrogen-bond donors (Lipinski definition) is 1. The molecule has 0 aliphatic heterocycles. The normalized spacial score (nSPS) is 11.1. The van der Waals surface area contributed by atoms with Crippen LogP contribution in [0.15, 0.2) is 41.8 Å². The molecule has 0 saturated carbocycles. The molecule has 5 heteroatoms. The summed E-state index contributed by atoms with van der Waals surface area (Å²) in [6, 6.07) is 6.27. The number of carboxylic acids is 1. The standard InChI is InChI=1S/C12H14O4S/c1-2-9-17(15,16)11-6-3-10(4-7-11)5-8-12(13)14/h2-4,6-7H,1,5,8-9H2,(H,13,14). The largest absolute Gasteiger partial charge is 0.481 e. The molecule has 0 spiro atoms. The molecule has 0 unspecified atom stereocenters.